The third kappa shape index (κ3) is 25.8. The molecule has 0 aliphatic carbocycles. The predicted molar refractivity (Wildman–Crippen MR) is 323 cm³/mol. The van der Waals surface area contributed by atoms with E-state index in [0.29, 0.717) is 19.3 Å². The largest absolute Gasteiger partial charge is 0.481 e. The number of carbonyl (C=O) groups excluding carboxylic acids is 12. The number of amides is 12. The van der Waals surface area contributed by atoms with Gasteiger partial charge in [0.05, 0.1) is 12.5 Å². The second-order valence-corrected chi connectivity index (χ2v) is 24.6. The van der Waals surface area contributed by atoms with Gasteiger partial charge >= 0.3 is 17.9 Å². The maximum atomic E-state index is 14.5. The molecule has 0 spiro atoms. The number of nitrogens with zero attached hydrogens (tertiary/aromatic N) is 2. The summed E-state index contributed by atoms with van der Waals surface area (Å²) in [6, 6.07) is -16.2. The van der Waals surface area contributed by atoms with E-state index in [4.69, 9.17) is 17.2 Å². The van der Waals surface area contributed by atoms with Gasteiger partial charge in [0.15, 0.2) is 0 Å². The van der Waals surface area contributed by atoms with E-state index in [1.165, 1.54) is 23.6 Å². The normalized spacial score (nSPS) is 18.1. The van der Waals surface area contributed by atoms with Crippen LogP contribution in [-0.4, -0.2) is 206 Å². The lowest BCUT2D eigenvalue weighted by Crippen LogP contribution is -2.61. The molecule has 0 aromatic carbocycles. The summed E-state index contributed by atoms with van der Waals surface area (Å²) in [6.07, 6.45) is -1.05. The Bertz CT molecular complexity index is 2570. The number of hydrogen-bond donors (Lipinski definition) is 15. The molecule has 2 saturated heterocycles. The first-order valence-corrected chi connectivity index (χ1v) is 30.8. The molecule has 0 saturated carbocycles. The maximum Gasteiger partial charge on any atom is 0.326 e. The molecular formula is C58H98N14O18. The standard InChI is InChI=1S/C58H98N14O18/c1-28(2)25-37(67-53(84)40-16-14-24-72(40)57(88)46(31(7)8)70-54(85)41-17-13-23-71(41)56(87)36(19-21-43(74)75)65-47(78)32(9)60)52(83)69-45(30(5)6)55(86)64-34(15-11-12-22-59)49(80)63-35(18-20-42(61)73)50(81)66-38(27-44(76)77)51(82)62-33(10)48(79)68-39(58(89)90)26-29(3)4/h28-41,45-46H,11-27,59-60H2,1-10H3,(H2,61,73)(H,62,82)(H,63,80)(H,64,86)(H,65,78)(H,66,81)(H,67,84)(H,68,79)(H,69,83)(H,70,85)(H,74,75)(H,76,77)(H,89,90)/t32-,33-,34-,35-,36-,37-,38-,39-,40-,41-,45-,46-/m0/s1. The minimum atomic E-state index is -1.89. The van der Waals surface area contributed by atoms with Crippen LogP contribution in [0, 0.1) is 23.7 Å². The van der Waals surface area contributed by atoms with Crippen LogP contribution in [0.5, 0.6) is 0 Å². The summed E-state index contributed by atoms with van der Waals surface area (Å²) >= 11 is 0. The minimum Gasteiger partial charge on any atom is -0.481 e. The zero-order valence-electron chi connectivity index (χ0n) is 53.4. The van der Waals surface area contributed by atoms with Crippen molar-refractivity contribution in [2.45, 2.75) is 232 Å². The SMILES string of the molecule is CC(C)C[C@H](NC(=O)[C@H](C)NC(=O)[C@H](CC(=O)O)NC(=O)[C@H](CCC(N)=O)NC(=O)[C@H](CCCCN)NC(=O)[C@@H](NC(=O)[C@H](CC(C)C)NC(=O)[C@@H]1CCCN1C(=O)[C@@H](NC(=O)[C@@H]1CCCN1C(=O)[C@H](CCC(=O)O)NC(=O)[C@H](C)N)C(C)C)C(C)C)C(=O)O. The van der Waals surface area contributed by atoms with Crippen molar-refractivity contribution >= 4 is 88.8 Å². The van der Waals surface area contributed by atoms with Crippen LogP contribution in [0.25, 0.3) is 0 Å². The predicted octanol–water partition coefficient (Wildman–Crippen LogP) is -3.08. The van der Waals surface area contributed by atoms with Crippen LogP contribution in [0.15, 0.2) is 0 Å². The van der Waals surface area contributed by atoms with E-state index >= 15 is 0 Å². The number of carboxylic acids is 3. The molecule has 2 rings (SSSR count). The molecule has 32 heteroatoms. The van der Waals surface area contributed by atoms with Gasteiger partial charge in [0.25, 0.3) is 0 Å². The molecule has 508 valence electrons. The fraction of sp³-hybridized carbons (Fsp3) is 0.741. The lowest BCUT2D eigenvalue weighted by Gasteiger charge is -2.33. The van der Waals surface area contributed by atoms with Gasteiger partial charge in [-0.25, -0.2) is 4.79 Å². The first-order valence-electron chi connectivity index (χ1n) is 30.8. The molecule has 0 radical (unpaired) electrons. The third-order valence-corrected chi connectivity index (χ3v) is 15.1. The maximum absolute atomic E-state index is 14.5. The minimum absolute atomic E-state index is 0.0475. The Morgan fingerprint density at radius 2 is 0.911 bits per heavy atom. The van der Waals surface area contributed by atoms with Crippen molar-refractivity contribution in [1.29, 1.82) is 0 Å². The summed E-state index contributed by atoms with van der Waals surface area (Å²) in [6.45, 7) is 16.5. The molecule has 12 amide bonds. The summed E-state index contributed by atoms with van der Waals surface area (Å²) in [7, 11) is 0. The summed E-state index contributed by atoms with van der Waals surface area (Å²) in [4.78, 5) is 202. The van der Waals surface area contributed by atoms with Crippen molar-refractivity contribution in [1.82, 2.24) is 57.7 Å². The topological polar surface area (TPSA) is 510 Å². The summed E-state index contributed by atoms with van der Waals surface area (Å²) in [5, 5.41) is 51.1. The number of carbonyl (C=O) groups is 15. The number of nitrogens with two attached hydrogens (primary N) is 3. The van der Waals surface area contributed by atoms with Crippen LogP contribution < -0.4 is 65.1 Å². The average Bonchev–Trinajstić information content (AvgIpc) is 2.50. The highest BCUT2D eigenvalue weighted by molar-refractivity contribution is 6.00. The van der Waals surface area contributed by atoms with Crippen molar-refractivity contribution in [3.8, 4) is 0 Å². The van der Waals surface area contributed by atoms with Gasteiger partial charge in [0.1, 0.15) is 66.5 Å². The first-order chi connectivity index (χ1) is 42.0. The van der Waals surface area contributed by atoms with Crippen LogP contribution in [0.2, 0.25) is 0 Å². The molecule has 90 heavy (non-hydrogen) atoms. The van der Waals surface area contributed by atoms with Crippen molar-refractivity contribution in [2.24, 2.45) is 40.9 Å². The fourth-order valence-electron chi connectivity index (χ4n) is 10.2. The molecule has 0 bridgehead atoms. The summed E-state index contributed by atoms with van der Waals surface area (Å²) < 4.78 is 0. The molecule has 12 atom stereocenters. The number of rotatable bonds is 39. The third-order valence-electron chi connectivity index (χ3n) is 15.1. The molecule has 0 aromatic rings. The highest BCUT2D eigenvalue weighted by Gasteiger charge is 2.44. The average molecular weight is 1280 g/mol. The van der Waals surface area contributed by atoms with Gasteiger partial charge in [-0.2, -0.15) is 0 Å². The van der Waals surface area contributed by atoms with Gasteiger partial charge in [0, 0.05) is 25.9 Å². The van der Waals surface area contributed by atoms with E-state index < -0.39 is 199 Å². The van der Waals surface area contributed by atoms with E-state index in [-0.39, 0.29) is 76.4 Å². The second-order valence-electron chi connectivity index (χ2n) is 24.6. The van der Waals surface area contributed by atoms with E-state index in [2.05, 4.69) is 47.9 Å². The Labute approximate surface area is 524 Å². The second kappa shape index (κ2) is 37.8. The number of aliphatic carboxylic acids is 3. The van der Waals surface area contributed by atoms with Gasteiger partial charge in [-0.05, 0) is 115 Å². The molecule has 0 unspecified atom stereocenters. The monoisotopic (exact) mass is 1280 g/mol. The number of unbranched alkanes of at least 4 members (excludes halogenated alkanes) is 1. The number of carboxylic acid groups (broad SMARTS) is 3. The molecule has 32 nitrogen and oxygen atoms in total. The van der Waals surface area contributed by atoms with Crippen LogP contribution >= 0.6 is 0 Å². The number of primary amides is 1. The molecule has 2 fully saturated rings. The number of hydrogen-bond acceptors (Lipinski definition) is 17. The van der Waals surface area contributed by atoms with E-state index in [1.54, 1.807) is 55.4 Å². The first kappa shape index (κ1) is 78.1. The van der Waals surface area contributed by atoms with Crippen LogP contribution in [0.4, 0.5) is 0 Å². The van der Waals surface area contributed by atoms with Crippen molar-refractivity contribution in [3.63, 3.8) is 0 Å². The van der Waals surface area contributed by atoms with Gasteiger partial charge < -0.3 is 90.2 Å². The van der Waals surface area contributed by atoms with Crippen LogP contribution in [0.3, 0.4) is 0 Å². The Morgan fingerprint density at radius 3 is 1.40 bits per heavy atom. The number of nitrogens with one attached hydrogen (secondary N) is 9. The van der Waals surface area contributed by atoms with E-state index in [0.717, 1.165) is 0 Å². The Morgan fingerprint density at radius 1 is 0.456 bits per heavy atom. The lowest BCUT2D eigenvalue weighted by molar-refractivity contribution is -0.145. The molecule has 2 aliphatic rings. The molecule has 0 aromatic heterocycles. The molecule has 2 aliphatic heterocycles. The number of likely N-dealkylation sites (tertiary alicyclic amines) is 2. The van der Waals surface area contributed by atoms with Gasteiger partial charge in [-0.3, -0.25) is 67.1 Å². The zero-order chi connectivity index (χ0) is 68.4. The van der Waals surface area contributed by atoms with Gasteiger partial charge in [-0.1, -0.05) is 55.4 Å². The van der Waals surface area contributed by atoms with Gasteiger partial charge in [-0.15, -0.1) is 0 Å². The van der Waals surface area contributed by atoms with Gasteiger partial charge in [0.2, 0.25) is 70.9 Å². The molecule has 2 heterocycles. The highest BCUT2D eigenvalue weighted by Crippen LogP contribution is 2.24. The Balaban J connectivity index is 2.36. The summed E-state index contributed by atoms with van der Waals surface area (Å²) in [5.41, 5.74) is 16.8. The quantitative estimate of drug-likeness (QED) is 0.0271. The summed E-state index contributed by atoms with van der Waals surface area (Å²) in [5.74, 6) is -16.0. The Kier molecular flexibility index (Phi) is 32.8. The van der Waals surface area contributed by atoms with Crippen molar-refractivity contribution in [2.75, 3.05) is 19.6 Å². The lowest BCUT2D eigenvalue weighted by atomic mass is 9.98. The Hall–Kier alpha value is -8.03. The molecule has 18 N–H and O–H groups in total. The highest BCUT2D eigenvalue weighted by atomic mass is 16.4. The van der Waals surface area contributed by atoms with Crippen LogP contribution in [-0.2, 0) is 71.9 Å². The molecular weight excluding hydrogens is 1180 g/mol. The zero-order valence-corrected chi connectivity index (χ0v) is 53.4. The van der Waals surface area contributed by atoms with Crippen molar-refractivity contribution < 1.29 is 87.2 Å². The smallest absolute Gasteiger partial charge is 0.326 e. The van der Waals surface area contributed by atoms with Crippen molar-refractivity contribution in [3.05, 3.63) is 0 Å². The van der Waals surface area contributed by atoms with E-state index in [1.807, 2.05) is 0 Å². The van der Waals surface area contributed by atoms with Crippen LogP contribution in [0.1, 0.15) is 159 Å². The fourth-order valence-corrected chi connectivity index (χ4v) is 10.2. The van der Waals surface area contributed by atoms with E-state index in [9.17, 15) is 87.2 Å².